The zero-order valence-corrected chi connectivity index (χ0v) is 14.5. The van der Waals surface area contributed by atoms with Gasteiger partial charge in [0.25, 0.3) is 0 Å². The molecule has 0 N–H and O–H groups in total. The van der Waals surface area contributed by atoms with Gasteiger partial charge in [0.15, 0.2) is 0 Å². The van der Waals surface area contributed by atoms with Crippen LogP contribution in [0.2, 0.25) is 0 Å². The lowest BCUT2D eigenvalue weighted by Crippen LogP contribution is -2.34. The summed E-state index contributed by atoms with van der Waals surface area (Å²) in [7, 11) is 0. The summed E-state index contributed by atoms with van der Waals surface area (Å²) in [6.45, 7) is 9.43. The molecular weight excluding hydrogens is 258 g/mol. The van der Waals surface area contributed by atoms with Crippen molar-refractivity contribution in [2.45, 2.75) is 84.2 Å². The standard InChI is InChI=1S/C19H37NO/c1-3-17-12-15-20(16-13-17)14-6-5-7-18-8-10-19(11-9-18)21-4-2/h17-19H,3-16H2,1-2H3. The number of likely N-dealkylation sites (tertiary alicyclic amines) is 1. The fraction of sp³-hybridized carbons (Fsp3) is 1.00. The van der Waals surface area contributed by atoms with Gasteiger partial charge in [0.05, 0.1) is 6.10 Å². The van der Waals surface area contributed by atoms with E-state index in [2.05, 4.69) is 18.7 Å². The molecule has 2 heteroatoms. The number of hydrogen-bond donors (Lipinski definition) is 0. The molecule has 0 radical (unpaired) electrons. The predicted octanol–water partition coefficient (Wildman–Crippen LogP) is 4.87. The number of ether oxygens (including phenoxy) is 1. The van der Waals surface area contributed by atoms with E-state index in [1.54, 1.807) is 0 Å². The Morgan fingerprint density at radius 1 is 0.857 bits per heavy atom. The molecule has 0 spiro atoms. The lowest BCUT2D eigenvalue weighted by Gasteiger charge is -2.32. The van der Waals surface area contributed by atoms with Crippen LogP contribution >= 0.6 is 0 Å². The van der Waals surface area contributed by atoms with E-state index in [0.29, 0.717) is 6.10 Å². The summed E-state index contributed by atoms with van der Waals surface area (Å²) >= 11 is 0. The zero-order valence-electron chi connectivity index (χ0n) is 14.5. The summed E-state index contributed by atoms with van der Waals surface area (Å²) in [6, 6.07) is 0. The first-order valence-electron chi connectivity index (χ1n) is 9.65. The van der Waals surface area contributed by atoms with Crippen molar-refractivity contribution in [2.24, 2.45) is 11.8 Å². The third-order valence-corrected chi connectivity index (χ3v) is 5.82. The molecule has 124 valence electrons. The number of hydrogen-bond acceptors (Lipinski definition) is 2. The fourth-order valence-corrected chi connectivity index (χ4v) is 4.21. The van der Waals surface area contributed by atoms with Crippen LogP contribution in [-0.2, 0) is 4.74 Å². The Labute approximate surface area is 132 Å². The highest BCUT2D eigenvalue weighted by Gasteiger charge is 2.21. The summed E-state index contributed by atoms with van der Waals surface area (Å²) in [5, 5.41) is 0. The van der Waals surface area contributed by atoms with Crippen molar-refractivity contribution in [3.8, 4) is 0 Å². The van der Waals surface area contributed by atoms with Crippen LogP contribution in [0.3, 0.4) is 0 Å². The summed E-state index contributed by atoms with van der Waals surface area (Å²) < 4.78 is 5.75. The summed E-state index contributed by atoms with van der Waals surface area (Å²) in [5.41, 5.74) is 0. The molecule has 1 aliphatic heterocycles. The van der Waals surface area contributed by atoms with Gasteiger partial charge in [-0.25, -0.2) is 0 Å². The van der Waals surface area contributed by atoms with E-state index in [1.165, 1.54) is 83.8 Å². The number of nitrogens with zero attached hydrogens (tertiary/aromatic N) is 1. The van der Waals surface area contributed by atoms with Gasteiger partial charge >= 0.3 is 0 Å². The topological polar surface area (TPSA) is 12.5 Å². The molecule has 0 amide bonds. The van der Waals surface area contributed by atoms with Gasteiger partial charge in [-0.05, 0) is 83.3 Å². The summed E-state index contributed by atoms with van der Waals surface area (Å²) in [6.07, 6.45) is 14.6. The van der Waals surface area contributed by atoms with Crippen LogP contribution in [0.25, 0.3) is 0 Å². The largest absolute Gasteiger partial charge is 0.379 e. The van der Waals surface area contributed by atoms with Crippen molar-refractivity contribution in [3.05, 3.63) is 0 Å². The average Bonchev–Trinajstić information content (AvgIpc) is 2.54. The minimum absolute atomic E-state index is 0.575. The van der Waals surface area contributed by atoms with Crippen molar-refractivity contribution in [3.63, 3.8) is 0 Å². The van der Waals surface area contributed by atoms with Crippen LogP contribution in [0.5, 0.6) is 0 Å². The first-order chi connectivity index (χ1) is 10.3. The first kappa shape index (κ1) is 17.3. The van der Waals surface area contributed by atoms with Crippen molar-refractivity contribution in [1.29, 1.82) is 0 Å². The van der Waals surface area contributed by atoms with E-state index in [9.17, 15) is 0 Å². The maximum atomic E-state index is 5.75. The molecule has 0 aromatic carbocycles. The highest BCUT2D eigenvalue weighted by atomic mass is 16.5. The Morgan fingerprint density at radius 2 is 1.57 bits per heavy atom. The minimum atomic E-state index is 0.575. The van der Waals surface area contributed by atoms with Crippen molar-refractivity contribution in [2.75, 3.05) is 26.2 Å². The van der Waals surface area contributed by atoms with Gasteiger partial charge in [0.2, 0.25) is 0 Å². The van der Waals surface area contributed by atoms with Gasteiger partial charge in [0, 0.05) is 6.61 Å². The van der Waals surface area contributed by atoms with E-state index in [1.807, 2.05) is 0 Å². The molecule has 1 aliphatic carbocycles. The normalized spacial score (nSPS) is 28.9. The third-order valence-electron chi connectivity index (χ3n) is 5.82. The zero-order chi connectivity index (χ0) is 14.9. The smallest absolute Gasteiger partial charge is 0.0575 e. The first-order valence-corrected chi connectivity index (χ1v) is 9.65. The molecule has 1 saturated heterocycles. The molecule has 0 unspecified atom stereocenters. The predicted molar refractivity (Wildman–Crippen MR) is 90.7 cm³/mol. The van der Waals surface area contributed by atoms with Gasteiger partial charge in [-0.1, -0.05) is 26.2 Å². The Hall–Kier alpha value is -0.0800. The Morgan fingerprint density at radius 3 is 2.19 bits per heavy atom. The van der Waals surface area contributed by atoms with Gasteiger partial charge in [-0.2, -0.15) is 0 Å². The molecule has 0 bridgehead atoms. The Kier molecular flexibility index (Phi) is 8.10. The monoisotopic (exact) mass is 295 g/mol. The quantitative estimate of drug-likeness (QED) is 0.592. The average molecular weight is 296 g/mol. The molecule has 1 heterocycles. The van der Waals surface area contributed by atoms with Crippen LogP contribution < -0.4 is 0 Å². The van der Waals surface area contributed by atoms with Gasteiger partial charge in [0.1, 0.15) is 0 Å². The highest BCUT2D eigenvalue weighted by Crippen LogP contribution is 2.30. The van der Waals surface area contributed by atoms with E-state index >= 15 is 0 Å². The van der Waals surface area contributed by atoms with Crippen molar-refractivity contribution < 1.29 is 4.74 Å². The van der Waals surface area contributed by atoms with E-state index in [0.717, 1.165) is 18.4 Å². The van der Waals surface area contributed by atoms with Crippen molar-refractivity contribution in [1.82, 2.24) is 4.90 Å². The number of piperidine rings is 1. The molecule has 2 fully saturated rings. The maximum absolute atomic E-state index is 5.75. The molecule has 2 nitrogen and oxygen atoms in total. The van der Waals surface area contributed by atoms with E-state index in [4.69, 9.17) is 4.74 Å². The van der Waals surface area contributed by atoms with Gasteiger partial charge in [-0.15, -0.1) is 0 Å². The maximum Gasteiger partial charge on any atom is 0.0575 e. The SMILES string of the molecule is CCOC1CCC(CCCCN2CCC(CC)CC2)CC1. The molecule has 2 aliphatic rings. The fourth-order valence-electron chi connectivity index (χ4n) is 4.21. The molecule has 0 atom stereocenters. The molecular formula is C19H37NO. The van der Waals surface area contributed by atoms with Crippen LogP contribution in [0.15, 0.2) is 0 Å². The highest BCUT2D eigenvalue weighted by molar-refractivity contribution is 4.74. The van der Waals surface area contributed by atoms with Crippen LogP contribution in [0, 0.1) is 11.8 Å². The number of unbranched alkanes of at least 4 members (excludes halogenated alkanes) is 1. The second-order valence-electron chi connectivity index (χ2n) is 7.29. The summed E-state index contributed by atoms with van der Waals surface area (Å²) in [5.74, 6) is 2.01. The van der Waals surface area contributed by atoms with Gasteiger partial charge < -0.3 is 9.64 Å². The molecule has 2 rings (SSSR count). The second-order valence-corrected chi connectivity index (χ2v) is 7.29. The Balaban J connectivity index is 1.47. The number of rotatable bonds is 8. The third kappa shape index (κ3) is 6.28. The molecule has 0 aromatic heterocycles. The molecule has 0 aromatic rings. The van der Waals surface area contributed by atoms with Crippen molar-refractivity contribution >= 4 is 0 Å². The lowest BCUT2D eigenvalue weighted by atomic mass is 9.84. The summed E-state index contributed by atoms with van der Waals surface area (Å²) in [4.78, 5) is 2.71. The lowest BCUT2D eigenvalue weighted by molar-refractivity contribution is 0.0244. The van der Waals surface area contributed by atoms with Crippen LogP contribution in [0.4, 0.5) is 0 Å². The van der Waals surface area contributed by atoms with Gasteiger partial charge in [-0.3, -0.25) is 0 Å². The second kappa shape index (κ2) is 9.84. The minimum Gasteiger partial charge on any atom is -0.379 e. The van der Waals surface area contributed by atoms with E-state index < -0.39 is 0 Å². The van der Waals surface area contributed by atoms with Crippen LogP contribution in [-0.4, -0.2) is 37.2 Å². The molecule has 1 saturated carbocycles. The van der Waals surface area contributed by atoms with Crippen LogP contribution in [0.1, 0.15) is 78.1 Å². The van der Waals surface area contributed by atoms with E-state index in [-0.39, 0.29) is 0 Å². The molecule has 21 heavy (non-hydrogen) atoms. The Bertz CT molecular complexity index is 252.